The lowest BCUT2D eigenvalue weighted by Crippen LogP contribution is -2.22. The molecule has 0 unspecified atom stereocenters. The van der Waals surface area contributed by atoms with Gasteiger partial charge in [0.05, 0.1) is 18.6 Å². The average molecular weight is 243 g/mol. The molecule has 1 aromatic heterocycles. The van der Waals surface area contributed by atoms with E-state index in [4.69, 9.17) is 0 Å². The SMILES string of the molecule is O=C(CCCc1ccccc1)NCc1cnc[nH]1. The molecule has 2 N–H and O–H groups in total. The summed E-state index contributed by atoms with van der Waals surface area (Å²) < 4.78 is 0. The summed E-state index contributed by atoms with van der Waals surface area (Å²) in [5, 5.41) is 2.86. The molecule has 0 radical (unpaired) electrons. The largest absolute Gasteiger partial charge is 0.350 e. The molecule has 4 nitrogen and oxygen atoms in total. The van der Waals surface area contributed by atoms with Gasteiger partial charge in [-0.2, -0.15) is 0 Å². The molecule has 0 aliphatic rings. The summed E-state index contributed by atoms with van der Waals surface area (Å²) in [6, 6.07) is 10.2. The number of aromatic nitrogens is 2. The fraction of sp³-hybridized carbons (Fsp3) is 0.286. The Morgan fingerprint density at radius 2 is 2.11 bits per heavy atom. The fourth-order valence-electron chi connectivity index (χ4n) is 1.76. The van der Waals surface area contributed by atoms with E-state index in [1.54, 1.807) is 12.5 Å². The Morgan fingerprint density at radius 1 is 1.28 bits per heavy atom. The van der Waals surface area contributed by atoms with Crippen molar-refractivity contribution < 1.29 is 4.79 Å². The van der Waals surface area contributed by atoms with E-state index in [1.807, 2.05) is 18.2 Å². The van der Waals surface area contributed by atoms with Gasteiger partial charge in [0.1, 0.15) is 0 Å². The molecular formula is C14H17N3O. The van der Waals surface area contributed by atoms with E-state index in [9.17, 15) is 4.79 Å². The van der Waals surface area contributed by atoms with Crippen molar-refractivity contribution in [3.05, 3.63) is 54.1 Å². The van der Waals surface area contributed by atoms with Gasteiger partial charge in [-0.15, -0.1) is 0 Å². The van der Waals surface area contributed by atoms with Gasteiger partial charge < -0.3 is 10.3 Å². The first-order valence-corrected chi connectivity index (χ1v) is 6.12. The number of nitrogens with one attached hydrogen (secondary N) is 2. The predicted molar refractivity (Wildman–Crippen MR) is 69.8 cm³/mol. The summed E-state index contributed by atoms with van der Waals surface area (Å²) in [6.07, 6.45) is 5.70. The molecule has 2 rings (SSSR count). The van der Waals surface area contributed by atoms with Crippen molar-refractivity contribution in [1.82, 2.24) is 15.3 Å². The minimum atomic E-state index is 0.0838. The first kappa shape index (κ1) is 12.4. The monoisotopic (exact) mass is 243 g/mol. The van der Waals surface area contributed by atoms with Crippen molar-refractivity contribution in [2.75, 3.05) is 0 Å². The zero-order chi connectivity index (χ0) is 12.6. The Labute approximate surface area is 106 Å². The van der Waals surface area contributed by atoms with Crippen LogP contribution in [0.3, 0.4) is 0 Å². The summed E-state index contributed by atoms with van der Waals surface area (Å²) in [4.78, 5) is 18.4. The number of hydrogen-bond acceptors (Lipinski definition) is 2. The van der Waals surface area contributed by atoms with Crippen LogP contribution >= 0.6 is 0 Å². The number of aryl methyl sites for hydroxylation is 1. The van der Waals surface area contributed by atoms with Crippen LogP contribution in [0.1, 0.15) is 24.1 Å². The van der Waals surface area contributed by atoms with Crippen LogP contribution in [-0.2, 0) is 17.8 Å². The van der Waals surface area contributed by atoms with Gasteiger partial charge in [0.25, 0.3) is 0 Å². The first-order chi connectivity index (χ1) is 8.84. The Bertz CT molecular complexity index is 465. The molecule has 0 spiro atoms. The molecule has 18 heavy (non-hydrogen) atoms. The number of hydrogen-bond donors (Lipinski definition) is 2. The molecule has 94 valence electrons. The number of carbonyl (C=O) groups excluding carboxylic acids is 1. The summed E-state index contributed by atoms with van der Waals surface area (Å²) in [5.74, 6) is 0.0838. The highest BCUT2D eigenvalue weighted by Crippen LogP contribution is 2.04. The summed E-state index contributed by atoms with van der Waals surface area (Å²) in [6.45, 7) is 0.518. The molecule has 1 aromatic carbocycles. The maximum absolute atomic E-state index is 11.6. The third-order valence-corrected chi connectivity index (χ3v) is 2.74. The van der Waals surface area contributed by atoms with Gasteiger partial charge in [0.15, 0.2) is 0 Å². The molecule has 2 aromatic rings. The van der Waals surface area contributed by atoms with Crippen LogP contribution in [-0.4, -0.2) is 15.9 Å². The number of H-pyrrole nitrogens is 1. The van der Waals surface area contributed by atoms with E-state index < -0.39 is 0 Å². The standard InChI is InChI=1S/C14H17N3O/c18-14(16-10-13-9-15-11-17-13)8-4-7-12-5-2-1-3-6-12/h1-3,5-6,9,11H,4,7-8,10H2,(H,15,17)(H,16,18). The topological polar surface area (TPSA) is 57.8 Å². The number of nitrogens with zero attached hydrogens (tertiary/aromatic N) is 1. The average Bonchev–Trinajstić information content (AvgIpc) is 2.91. The third kappa shape index (κ3) is 4.05. The van der Waals surface area contributed by atoms with Gasteiger partial charge in [-0.05, 0) is 18.4 Å². The smallest absolute Gasteiger partial charge is 0.220 e. The lowest BCUT2D eigenvalue weighted by Gasteiger charge is -2.03. The highest BCUT2D eigenvalue weighted by atomic mass is 16.1. The Morgan fingerprint density at radius 3 is 2.83 bits per heavy atom. The van der Waals surface area contributed by atoms with Crippen LogP contribution in [0.15, 0.2) is 42.9 Å². The molecule has 0 saturated heterocycles. The predicted octanol–water partition coefficient (Wildman–Crippen LogP) is 2.05. The van der Waals surface area contributed by atoms with Crippen molar-refractivity contribution in [3.8, 4) is 0 Å². The first-order valence-electron chi connectivity index (χ1n) is 6.12. The van der Waals surface area contributed by atoms with Crippen molar-refractivity contribution in [3.63, 3.8) is 0 Å². The molecule has 0 bridgehead atoms. The minimum absolute atomic E-state index is 0.0838. The van der Waals surface area contributed by atoms with Gasteiger partial charge in [0.2, 0.25) is 5.91 Å². The van der Waals surface area contributed by atoms with E-state index in [2.05, 4.69) is 27.4 Å². The van der Waals surface area contributed by atoms with E-state index >= 15 is 0 Å². The van der Waals surface area contributed by atoms with Crippen LogP contribution in [0.5, 0.6) is 0 Å². The van der Waals surface area contributed by atoms with Crippen molar-refractivity contribution in [2.24, 2.45) is 0 Å². The van der Waals surface area contributed by atoms with Gasteiger partial charge in [-0.1, -0.05) is 30.3 Å². The van der Waals surface area contributed by atoms with Gasteiger partial charge in [0, 0.05) is 12.6 Å². The highest BCUT2D eigenvalue weighted by molar-refractivity contribution is 5.75. The Balaban J connectivity index is 1.63. The third-order valence-electron chi connectivity index (χ3n) is 2.74. The second-order valence-electron chi connectivity index (χ2n) is 4.19. The fourth-order valence-corrected chi connectivity index (χ4v) is 1.76. The second-order valence-corrected chi connectivity index (χ2v) is 4.19. The zero-order valence-electron chi connectivity index (χ0n) is 10.2. The zero-order valence-corrected chi connectivity index (χ0v) is 10.2. The lowest BCUT2D eigenvalue weighted by molar-refractivity contribution is -0.121. The van der Waals surface area contributed by atoms with Crippen LogP contribution < -0.4 is 5.32 Å². The van der Waals surface area contributed by atoms with Crippen molar-refractivity contribution in [1.29, 1.82) is 0 Å². The number of amides is 1. The van der Waals surface area contributed by atoms with Crippen LogP contribution in [0, 0.1) is 0 Å². The summed E-state index contributed by atoms with van der Waals surface area (Å²) >= 11 is 0. The van der Waals surface area contributed by atoms with Crippen LogP contribution in [0.25, 0.3) is 0 Å². The van der Waals surface area contributed by atoms with Gasteiger partial charge >= 0.3 is 0 Å². The molecule has 0 aliphatic carbocycles. The number of benzene rings is 1. The molecule has 0 atom stereocenters. The molecule has 1 amide bonds. The van der Waals surface area contributed by atoms with E-state index in [0.29, 0.717) is 13.0 Å². The van der Waals surface area contributed by atoms with E-state index in [-0.39, 0.29) is 5.91 Å². The summed E-state index contributed by atoms with van der Waals surface area (Å²) in [5.41, 5.74) is 2.20. The molecule has 0 saturated carbocycles. The molecule has 0 fully saturated rings. The normalized spacial score (nSPS) is 10.2. The Kier molecular flexibility index (Phi) is 4.53. The molecule has 0 aliphatic heterocycles. The number of rotatable bonds is 6. The van der Waals surface area contributed by atoms with E-state index in [0.717, 1.165) is 18.5 Å². The van der Waals surface area contributed by atoms with Crippen molar-refractivity contribution >= 4 is 5.91 Å². The second kappa shape index (κ2) is 6.59. The number of carbonyl (C=O) groups is 1. The van der Waals surface area contributed by atoms with E-state index in [1.165, 1.54) is 5.56 Å². The molecule has 1 heterocycles. The number of imidazole rings is 1. The van der Waals surface area contributed by atoms with Gasteiger partial charge in [-0.3, -0.25) is 4.79 Å². The maximum Gasteiger partial charge on any atom is 0.220 e. The number of aromatic amines is 1. The lowest BCUT2D eigenvalue weighted by atomic mass is 10.1. The van der Waals surface area contributed by atoms with Crippen molar-refractivity contribution in [2.45, 2.75) is 25.8 Å². The van der Waals surface area contributed by atoms with Gasteiger partial charge in [-0.25, -0.2) is 4.98 Å². The Hall–Kier alpha value is -2.10. The maximum atomic E-state index is 11.6. The van der Waals surface area contributed by atoms with Crippen LogP contribution in [0.2, 0.25) is 0 Å². The van der Waals surface area contributed by atoms with Crippen LogP contribution in [0.4, 0.5) is 0 Å². The molecule has 4 heteroatoms. The quantitative estimate of drug-likeness (QED) is 0.815. The summed E-state index contributed by atoms with van der Waals surface area (Å²) in [7, 11) is 0. The minimum Gasteiger partial charge on any atom is -0.350 e. The highest BCUT2D eigenvalue weighted by Gasteiger charge is 2.02. The molecular weight excluding hydrogens is 226 g/mol.